The van der Waals surface area contributed by atoms with E-state index in [9.17, 15) is 5.11 Å². The molecule has 0 spiro atoms. The van der Waals surface area contributed by atoms with E-state index >= 15 is 0 Å². The van der Waals surface area contributed by atoms with Crippen LogP contribution in [0.5, 0.6) is 0 Å². The number of rotatable bonds is 5. The minimum atomic E-state index is -0.403. The zero-order valence-electron chi connectivity index (χ0n) is 9.25. The fourth-order valence-electron chi connectivity index (χ4n) is 1.13. The summed E-state index contributed by atoms with van der Waals surface area (Å²) in [6.07, 6.45) is 0.574. The van der Waals surface area contributed by atoms with Crippen LogP contribution >= 0.6 is 0 Å². The van der Waals surface area contributed by atoms with Crippen molar-refractivity contribution in [3.8, 4) is 0 Å². The van der Waals surface area contributed by atoms with Crippen LogP contribution in [0.1, 0.15) is 27.2 Å². The Hall–Kier alpha value is 0.170. The largest absolute Gasteiger partial charge is 1.00 e. The molecule has 0 aromatic rings. The predicted octanol–water partition coefficient (Wildman–Crippen LogP) is -1.82. The average Bonchev–Trinajstić information content (AvgIpc) is 1.85. The third-order valence-electron chi connectivity index (χ3n) is 1.89. The number of aliphatic hydroxyl groups excluding tert-OH is 1. The molecule has 0 bridgehead atoms. The van der Waals surface area contributed by atoms with Gasteiger partial charge in [0, 0.05) is 0 Å². The van der Waals surface area contributed by atoms with Crippen LogP contribution in [-0.2, 0) is 4.84 Å². The molecule has 2 atom stereocenters. The van der Waals surface area contributed by atoms with Gasteiger partial charge in [0.2, 0.25) is 0 Å². The van der Waals surface area contributed by atoms with E-state index in [1.54, 1.807) is 6.92 Å². The van der Waals surface area contributed by atoms with Gasteiger partial charge in [-0.25, -0.2) is 0 Å². The van der Waals surface area contributed by atoms with Gasteiger partial charge in [-0.1, -0.05) is 6.92 Å². The molecule has 0 radical (unpaired) electrons. The van der Waals surface area contributed by atoms with Crippen LogP contribution in [0.2, 0.25) is 0 Å². The quantitative estimate of drug-likeness (QED) is 0.429. The molecule has 3 nitrogen and oxygen atoms in total. The Labute approximate surface area is 87.6 Å². The maximum absolute atomic E-state index is 9.22. The van der Waals surface area contributed by atoms with Gasteiger partial charge in [0.15, 0.2) is 0 Å². The van der Waals surface area contributed by atoms with Crippen molar-refractivity contribution in [2.75, 3.05) is 20.6 Å². The van der Waals surface area contributed by atoms with Crippen molar-refractivity contribution in [1.82, 2.24) is 0 Å². The van der Waals surface area contributed by atoms with Crippen LogP contribution in [0.3, 0.4) is 0 Å². The van der Waals surface area contributed by atoms with E-state index in [0.29, 0.717) is 4.65 Å². The molecule has 0 aromatic heterocycles. The second-order valence-corrected chi connectivity index (χ2v) is 3.85. The summed E-state index contributed by atoms with van der Waals surface area (Å²) in [6, 6.07) is 0. The van der Waals surface area contributed by atoms with Gasteiger partial charge in [-0.3, -0.25) is 0 Å². The first kappa shape index (κ1) is 15.6. The molecule has 0 saturated heterocycles. The maximum Gasteiger partial charge on any atom is 0.139 e. The van der Waals surface area contributed by atoms with Crippen LogP contribution in [0, 0.1) is 0 Å². The number of aliphatic hydroxyl groups is 1. The first-order chi connectivity index (χ1) is 5.39. The number of hydrogen-bond acceptors (Lipinski definition) is 2. The number of nitrogens with zero attached hydrogens (tertiary/aromatic N) is 1. The molecular weight excluding hydrogens is 190 g/mol. The Morgan fingerprint density at radius 3 is 2.08 bits per heavy atom. The summed E-state index contributed by atoms with van der Waals surface area (Å²) in [5.41, 5.74) is 0. The van der Waals surface area contributed by atoms with Gasteiger partial charge in [0.05, 0.1) is 20.2 Å². The summed E-state index contributed by atoms with van der Waals surface area (Å²) in [5.74, 6) is 0. The number of quaternary nitrogens is 1. The molecule has 2 unspecified atom stereocenters. The van der Waals surface area contributed by atoms with E-state index in [0.717, 1.165) is 13.0 Å². The molecule has 4 heteroatoms. The lowest BCUT2D eigenvalue weighted by Crippen LogP contribution is -3.00. The molecule has 0 aromatic carbocycles. The van der Waals surface area contributed by atoms with Crippen molar-refractivity contribution in [3.63, 3.8) is 0 Å². The summed E-state index contributed by atoms with van der Waals surface area (Å²) in [4.78, 5) is 5.63. The molecule has 0 rings (SSSR count). The highest BCUT2D eigenvalue weighted by molar-refractivity contribution is 4.53. The Bertz CT molecular complexity index is 129. The van der Waals surface area contributed by atoms with Gasteiger partial charge in [0.25, 0.3) is 0 Å². The third-order valence-corrected chi connectivity index (χ3v) is 1.89. The first-order valence-corrected chi connectivity index (χ1v) is 4.58. The molecule has 82 valence electrons. The van der Waals surface area contributed by atoms with E-state index in [2.05, 4.69) is 6.92 Å². The molecule has 0 aliphatic heterocycles. The third kappa shape index (κ3) is 7.26. The molecule has 0 heterocycles. The highest BCUT2D eigenvalue weighted by Crippen LogP contribution is 2.07. The molecule has 0 aliphatic carbocycles. The van der Waals surface area contributed by atoms with E-state index in [1.165, 1.54) is 0 Å². The summed E-state index contributed by atoms with van der Waals surface area (Å²) < 4.78 is 0.516. The number of hydroxylamine groups is 3. The maximum atomic E-state index is 9.22. The lowest BCUT2D eigenvalue weighted by molar-refractivity contribution is -1.08. The lowest BCUT2D eigenvalue weighted by atomic mass is 10.3. The summed E-state index contributed by atoms with van der Waals surface area (Å²) >= 11 is 0. The van der Waals surface area contributed by atoms with Crippen molar-refractivity contribution < 1.29 is 27.0 Å². The van der Waals surface area contributed by atoms with Crippen molar-refractivity contribution in [2.45, 2.75) is 39.4 Å². The molecule has 0 saturated carbocycles. The standard InChI is InChI=1S/C9H22NO2.ClH/c1-6-7-10(4,5)12-9(3)8(2)11;/h8-9,11H,6-7H2,1-5H3;1H/q+1;/p-1. The second-order valence-electron chi connectivity index (χ2n) is 3.85. The second kappa shape index (κ2) is 6.60. The van der Waals surface area contributed by atoms with Crippen LogP contribution in [-0.4, -0.2) is 42.6 Å². The van der Waals surface area contributed by atoms with Gasteiger partial charge in [-0.05, 0) is 20.3 Å². The fraction of sp³-hybridized carbons (Fsp3) is 1.00. The molecular formula is C9H22ClNO2. The van der Waals surface area contributed by atoms with Crippen molar-refractivity contribution in [3.05, 3.63) is 0 Å². The van der Waals surface area contributed by atoms with Crippen LogP contribution in [0.15, 0.2) is 0 Å². The van der Waals surface area contributed by atoms with Gasteiger partial charge in [-0.15, -0.1) is 0 Å². The zero-order valence-corrected chi connectivity index (χ0v) is 10.0. The number of halogens is 1. The summed E-state index contributed by atoms with van der Waals surface area (Å²) in [5, 5.41) is 9.22. The van der Waals surface area contributed by atoms with E-state index in [-0.39, 0.29) is 18.5 Å². The van der Waals surface area contributed by atoms with Crippen LogP contribution in [0.4, 0.5) is 0 Å². The smallest absolute Gasteiger partial charge is 0.139 e. The molecule has 1 N–H and O–H groups in total. The van der Waals surface area contributed by atoms with Gasteiger partial charge in [0.1, 0.15) is 12.6 Å². The predicted molar refractivity (Wildman–Crippen MR) is 49.5 cm³/mol. The highest BCUT2D eigenvalue weighted by atomic mass is 35.5. The van der Waals surface area contributed by atoms with Gasteiger partial charge < -0.3 is 17.5 Å². The van der Waals surface area contributed by atoms with Crippen molar-refractivity contribution >= 4 is 0 Å². The fourth-order valence-corrected chi connectivity index (χ4v) is 1.13. The minimum absolute atomic E-state index is 0. The molecule has 0 fully saturated rings. The Morgan fingerprint density at radius 2 is 1.77 bits per heavy atom. The van der Waals surface area contributed by atoms with Gasteiger partial charge >= 0.3 is 0 Å². The normalized spacial score (nSPS) is 16.2. The Morgan fingerprint density at radius 1 is 1.31 bits per heavy atom. The van der Waals surface area contributed by atoms with Crippen LogP contribution in [0.25, 0.3) is 0 Å². The SMILES string of the molecule is CCC[N+](C)(C)OC(C)C(C)O.[Cl-]. The first-order valence-electron chi connectivity index (χ1n) is 4.58. The monoisotopic (exact) mass is 211 g/mol. The highest BCUT2D eigenvalue weighted by Gasteiger charge is 2.22. The van der Waals surface area contributed by atoms with Crippen molar-refractivity contribution in [1.29, 1.82) is 0 Å². The van der Waals surface area contributed by atoms with E-state index in [1.807, 2.05) is 21.0 Å². The number of hydrogen-bond donors (Lipinski definition) is 1. The Balaban J connectivity index is 0. The lowest BCUT2D eigenvalue weighted by Gasteiger charge is -2.30. The van der Waals surface area contributed by atoms with Gasteiger partial charge in [-0.2, -0.15) is 9.48 Å². The van der Waals surface area contributed by atoms with E-state index < -0.39 is 6.10 Å². The molecule has 0 amide bonds. The summed E-state index contributed by atoms with van der Waals surface area (Å²) in [7, 11) is 4.00. The average molecular weight is 212 g/mol. The van der Waals surface area contributed by atoms with Crippen molar-refractivity contribution in [2.24, 2.45) is 0 Å². The molecule has 13 heavy (non-hydrogen) atoms. The Kier molecular flexibility index (Phi) is 7.93. The molecule has 0 aliphatic rings. The van der Waals surface area contributed by atoms with E-state index in [4.69, 9.17) is 4.84 Å². The zero-order chi connectivity index (χ0) is 9.78. The summed E-state index contributed by atoms with van der Waals surface area (Å²) in [6.45, 7) is 6.73. The minimum Gasteiger partial charge on any atom is -1.00 e. The van der Waals surface area contributed by atoms with Crippen LogP contribution < -0.4 is 12.4 Å². The topological polar surface area (TPSA) is 29.5 Å².